The van der Waals surface area contributed by atoms with Gasteiger partial charge in [-0.3, -0.25) is 9.59 Å². The Morgan fingerprint density at radius 1 is 1.37 bits per heavy atom. The third-order valence-corrected chi connectivity index (χ3v) is 4.01. The second kappa shape index (κ2) is 6.70. The highest BCUT2D eigenvalue weighted by Gasteiger charge is 2.23. The monoisotopic (exact) mass is 283 g/mol. The van der Waals surface area contributed by atoms with Crippen LogP contribution in [0, 0.1) is 13.8 Å². The maximum atomic E-state index is 12.4. The maximum Gasteiger partial charge on any atom is 0.325 e. The Morgan fingerprint density at radius 2 is 2.00 bits per heavy atom. The predicted molar refractivity (Wildman–Crippen MR) is 76.6 cm³/mol. The van der Waals surface area contributed by atoms with Crippen molar-refractivity contribution in [3.63, 3.8) is 0 Å². The minimum Gasteiger partial charge on any atom is -0.465 e. The SMILES string of the molecule is CCOC(=O)CN(C(=O)c1cc(C)c(C)s1)C(C)C. The summed E-state index contributed by atoms with van der Waals surface area (Å²) in [6, 6.07) is 1.84. The van der Waals surface area contributed by atoms with Crippen molar-refractivity contribution in [3.05, 3.63) is 21.4 Å². The molecule has 0 N–H and O–H groups in total. The zero-order valence-corrected chi connectivity index (χ0v) is 13.0. The standard InChI is InChI=1S/C14H21NO3S/c1-6-18-13(16)8-15(9(2)3)14(17)12-7-10(4)11(5)19-12/h7,9H,6,8H2,1-5H3. The first-order valence-electron chi connectivity index (χ1n) is 6.40. The number of hydrogen-bond donors (Lipinski definition) is 0. The van der Waals surface area contributed by atoms with E-state index in [0.717, 1.165) is 10.4 Å². The van der Waals surface area contributed by atoms with Crippen molar-refractivity contribution in [2.75, 3.05) is 13.2 Å². The summed E-state index contributed by atoms with van der Waals surface area (Å²) >= 11 is 1.47. The summed E-state index contributed by atoms with van der Waals surface area (Å²) in [7, 11) is 0. The van der Waals surface area contributed by atoms with Crippen molar-refractivity contribution in [3.8, 4) is 0 Å². The number of esters is 1. The van der Waals surface area contributed by atoms with E-state index in [4.69, 9.17) is 4.74 Å². The molecule has 106 valence electrons. The minimum absolute atomic E-state index is 0.000333. The molecule has 0 spiro atoms. The first-order valence-corrected chi connectivity index (χ1v) is 7.22. The number of carbonyl (C=O) groups is 2. The Morgan fingerprint density at radius 3 is 2.42 bits per heavy atom. The highest BCUT2D eigenvalue weighted by Crippen LogP contribution is 2.22. The highest BCUT2D eigenvalue weighted by molar-refractivity contribution is 7.14. The van der Waals surface area contributed by atoms with Gasteiger partial charge in [0.1, 0.15) is 6.54 Å². The second-order valence-electron chi connectivity index (χ2n) is 4.68. The highest BCUT2D eigenvalue weighted by atomic mass is 32.1. The van der Waals surface area contributed by atoms with E-state index in [2.05, 4.69) is 0 Å². The molecule has 0 saturated heterocycles. The lowest BCUT2D eigenvalue weighted by Gasteiger charge is -2.25. The second-order valence-corrected chi connectivity index (χ2v) is 5.94. The van der Waals surface area contributed by atoms with Gasteiger partial charge in [0.15, 0.2) is 0 Å². The van der Waals surface area contributed by atoms with Crippen LogP contribution in [0.1, 0.15) is 40.9 Å². The van der Waals surface area contributed by atoms with Gasteiger partial charge in [-0.1, -0.05) is 0 Å². The first-order chi connectivity index (χ1) is 8.86. The molecule has 0 bridgehead atoms. The number of ether oxygens (including phenoxy) is 1. The molecule has 1 rings (SSSR count). The maximum absolute atomic E-state index is 12.4. The van der Waals surface area contributed by atoms with Gasteiger partial charge in [-0.15, -0.1) is 11.3 Å². The van der Waals surface area contributed by atoms with E-state index < -0.39 is 0 Å². The van der Waals surface area contributed by atoms with Crippen LogP contribution in [-0.4, -0.2) is 36.0 Å². The first kappa shape index (κ1) is 15.7. The molecule has 0 aliphatic rings. The fourth-order valence-corrected chi connectivity index (χ4v) is 2.64. The minimum atomic E-state index is -0.366. The van der Waals surface area contributed by atoms with Crippen LogP contribution >= 0.6 is 11.3 Å². The van der Waals surface area contributed by atoms with E-state index in [1.807, 2.05) is 33.8 Å². The van der Waals surface area contributed by atoms with Gasteiger partial charge >= 0.3 is 5.97 Å². The van der Waals surface area contributed by atoms with E-state index >= 15 is 0 Å². The number of amides is 1. The normalized spacial score (nSPS) is 10.6. The van der Waals surface area contributed by atoms with E-state index in [9.17, 15) is 9.59 Å². The van der Waals surface area contributed by atoms with E-state index in [-0.39, 0.29) is 24.5 Å². The lowest BCUT2D eigenvalue weighted by Crippen LogP contribution is -2.41. The van der Waals surface area contributed by atoms with Gasteiger partial charge in [-0.2, -0.15) is 0 Å². The van der Waals surface area contributed by atoms with Crippen LogP contribution in [0.15, 0.2) is 6.07 Å². The van der Waals surface area contributed by atoms with Crippen molar-refractivity contribution >= 4 is 23.2 Å². The molecule has 0 saturated carbocycles. The van der Waals surface area contributed by atoms with Gasteiger partial charge in [-0.05, 0) is 46.2 Å². The molecule has 1 aromatic rings. The largest absolute Gasteiger partial charge is 0.465 e. The molecule has 4 nitrogen and oxygen atoms in total. The van der Waals surface area contributed by atoms with Crippen LogP contribution in [0.5, 0.6) is 0 Å². The van der Waals surface area contributed by atoms with Crippen LogP contribution in [-0.2, 0) is 9.53 Å². The van der Waals surface area contributed by atoms with Gasteiger partial charge in [-0.25, -0.2) is 0 Å². The molecular weight excluding hydrogens is 262 g/mol. The molecule has 1 aromatic heterocycles. The Balaban J connectivity index is 2.87. The molecular formula is C14H21NO3S. The third kappa shape index (κ3) is 4.06. The number of aryl methyl sites for hydroxylation is 2. The number of hydrogen-bond acceptors (Lipinski definition) is 4. The van der Waals surface area contributed by atoms with Crippen LogP contribution in [0.25, 0.3) is 0 Å². The summed E-state index contributed by atoms with van der Waals surface area (Å²) in [5.74, 6) is -0.473. The molecule has 5 heteroatoms. The summed E-state index contributed by atoms with van der Waals surface area (Å²) < 4.78 is 4.91. The third-order valence-electron chi connectivity index (χ3n) is 2.87. The summed E-state index contributed by atoms with van der Waals surface area (Å²) in [4.78, 5) is 27.3. The molecule has 0 aliphatic heterocycles. The molecule has 19 heavy (non-hydrogen) atoms. The molecule has 1 heterocycles. The topological polar surface area (TPSA) is 46.6 Å². The Kier molecular flexibility index (Phi) is 5.54. The van der Waals surface area contributed by atoms with Crippen molar-refractivity contribution in [2.45, 2.75) is 40.7 Å². The van der Waals surface area contributed by atoms with Crippen molar-refractivity contribution in [2.24, 2.45) is 0 Å². The van der Waals surface area contributed by atoms with Crippen LogP contribution in [0.3, 0.4) is 0 Å². The number of nitrogens with zero attached hydrogens (tertiary/aromatic N) is 1. The summed E-state index contributed by atoms with van der Waals surface area (Å²) in [6.07, 6.45) is 0. The predicted octanol–water partition coefficient (Wildman–Crippen LogP) is 2.78. The van der Waals surface area contributed by atoms with E-state index in [0.29, 0.717) is 11.5 Å². The quantitative estimate of drug-likeness (QED) is 0.781. The number of thiophene rings is 1. The van der Waals surface area contributed by atoms with Gasteiger partial charge in [0.2, 0.25) is 0 Å². The molecule has 0 unspecified atom stereocenters. The number of carbonyl (C=O) groups excluding carboxylic acids is 2. The van der Waals surface area contributed by atoms with Gasteiger partial charge in [0.25, 0.3) is 5.91 Å². The molecule has 0 radical (unpaired) electrons. The lowest BCUT2D eigenvalue weighted by molar-refractivity contribution is -0.144. The van der Waals surface area contributed by atoms with E-state index in [1.165, 1.54) is 11.3 Å². The summed E-state index contributed by atoms with van der Waals surface area (Å²) in [5, 5.41) is 0. The Labute approximate surface area is 118 Å². The summed E-state index contributed by atoms with van der Waals surface area (Å²) in [6.45, 7) is 9.84. The molecule has 0 aromatic carbocycles. The zero-order chi connectivity index (χ0) is 14.6. The van der Waals surface area contributed by atoms with E-state index in [1.54, 1.807) is 11.8 Å². The fraction of sp³-hybridized carbons (Fsp3) is 0.571. The fourth-order valence-electron chi connectivity index (χ4n) is 1.65. The van der Waals surface area contributed by atoms with Crippen LogP contribution in [0.4, 0.5) is 0 Å². The van der Waals surface area contributed by atoms with Crippen molar-refractivity contribution in [1.82, 2.24) is 4.90 Å². The smallest absolute Gasteiger partial charge is 0.325 e. The van der Waals surface area contributed by atoms with Gasteiger partial charge < -0.3 is 9.64 Å². The molecule has 1 amide bonds. The lowest BCUT2D eigenvalue weighted by atomic mass is 10.2. The van der Waals surface area contributed by atoms with Gasteiger partial charge in [0.05, 0.1) is 11.5 Å². The average Bonchev–Trinajstić information content (AvgIpc) is 2.66. The van der Waals surface area contributed by atoms with Gasteiger partial charge in [0, 0.05) is 10.9 Å². The molecule has 0 aliphatic carbocycles. The summed E-state index contributed by atoms with van der Waals surface area (Å²) in [5.41, 5.74) is 1.10. The molecule has 0 atom stereocenters. The number of rotatable bonds is 5. The van der Waals surface area contributed by atoms with Crippen molar-refractivity contribution in [1.29, 1.82) is 0 Å². The average molecular weight is 283 g/mol. The Bertz CT molecular complexity index is 446. The van der Waals surface area contributed by atoms with Crippen molar-refractivity contribution < 1.29 is 14.3 Å². The molecule has 0 fully saturated rings. The van der Waals surface area contributed by atoms with Crippen LogP contribution < -0.4 is 0 Å². The Hall–Kier alpha value is -1.36. The zero-order valence-electron chi connectivity index (χ0n) is 12.1. The van der Waals surface area contributed by atoms with Crippen LogP contribution in [0.2, 0.25) is 0 Å².